The Morgan fingerprint density at radius 1 is 1.24 bits per heavy atom. The summed E-state index contributed by atoms with van der Waals surface area (Å²) in [5.41, 5.74) is 3.95. The second-order valence-electron chi connectivity index (χ2n) is 5.33. The lowest BCUT2D eigenvalue weighted by Gasteiger charge is -2.37. The van der Waals surface area contributed by atoms with Gasteiger partial charge in [0.2, 0.25) is 0 Å². The number of benzene rings is 1. The summed E-state index contributed by atoms with van der Waals surface area (Å²) in [5, 5.41) is 10.1. The van der Waals surface area contributed by atoms with Crippen LogP contribution in [0.25, 0.3) is 0 Å². The second kappa shape index (κ2) is 3.94. The third-order valence-electron chi connectivity index (χ3n) is 4.12. The molecule has 2 heteroatoms. The predicted octanol–water partition coefficient (Wildman–Crippen LogP) is 3.63. The maximum atomic E-state index is 10.1. The molecule has 2 nitrogen and oxygen atoms in total. The highest BCUT2D eigenvalue weighted by Gasteiger charge is 2.32. The van der Waals surface area contributed by atoms with Gasteiger partial charge >= 0.3 is 0 Å². The van der Waals surface area contributed by atoms with Crippen LogP contribution in [0.15, 0.2) is 0 Å². The zero-order valence-corrected chi connectivity index (χ0v) is 11.2. The molecule has 1 aromatic carbocycles. The molecule has 0 bridgehead atoms. The number of phenolic OH excluding ortho intramolecular Hbond substituents is 1. The molecule has 0 saturated heterocycles. The zero-order valence-electron chi connectivity index (χ0n) is 11.2. The van der Waals surface area contributed by atoms with E-state index in [0.717, 1.165) is 47.3 Å². The van der Waals surface area contributed by atoms with Crippen molar-refractivity contribution in [2.75, 3.05) is 0 Å². The predicted molar refractivity (Wildman–Crippen MR) is 69.6 cm³/mol. The van der Waals surface area contributed by atoms with Gasteiger partial charge in [-0.05, 0) is 70.6 Å². The van der Waals surface area contributed by atoms with E-state index in [1.165, 1.54) is 0 Å². The molecule has 1 heterocycles. The lowest BCUT2D eigenvalue weighted by molar-refractivity contribution is 0.0660. The quantitative estimate of drug-likeness (QED) is 0.802. The van der Waals surface area contributed by atoms with Gasteiger partial charge < -0.3 is 9.84 Å². The Morgan fingerprint density at radius 3 is 2.47 bits per heavy atom. The number of ether oxygens (including phenoxy) is 1. The molecule has 0 saturated carbocycles. The van der Waals surface area contributed by atoms with Crippen molar-refractivity contribution in [3.63, 3.8) is 0 Å². The molecule has 2 rings (SSSR count). The van der Waals surface area contributed by atoms with Gasteiger partial charge in [0.15, 0.2) is 0 Å². The summed E-state index contributed by atoms with van der Waals surface area (Å²) >= 11 is 0. The summed E-state index contributed by atoms with van der Waals surface area (Å²) in [4.78, 5) is 0. The Bertz CT molecular complexity index is 463. The molecular formula is C15H21O2. The lowest BCUT2D eigenvalue weighted by atomic mass is 9.86. The van der Waals surface area contributed by atoms with Gasteiger partial charge in [-0.25, -0.2) is 0 Å². The first-order chi connectivity index (χ1) is 7.89. The van der Waals surface area contributed by atoms with Gasteiger partial charge in [-0.1, -0.05) is 0 Å². The van der Waals surface area contributed by atoms with Gasteiger partial charge in [0.05, 0.1) is 0 Å². The summed E-state index contributed by atoms with van der Waals surface area (Å²) in [6.07, 6.45) is 2.69. The molecule has 0 spiro atoms. The maximum Gasteiger partial charge on any atom is 0.127 e. The molecule has 1 aliphatic heterocycles. The molecule has 0 fully saturated rings. The van der Waals surface area contributed by atoms with Crippen LogP contribution >= 0.6 is 0 Å². The fraction of sp³-hybridized carbons (Fsp3) is 0.533. The first kappa shape index (κ1) is 12.3. The van der Waals surface area contributed by atoms with E-state index in [0.29, 0.717) is 5.75 Å². The third kappa shape index (κ3) is 1.80. The minimum absolute atomic E-state index is 0.159. The van der Waals surface area contributed by atoms with Crippen molar-refractivity contribution in [2.45, 2.75) is 52.6 Å². The Morgan fingerprint density at radius 2 is 1.88 bits per heavy atom. The molecule has 1 aromatic rings. The van der Waals surface area contributed by atoms with E-state index in [1.807, 2.05) is 20.8 Å². The standard InChI is InChI=1S/C15H21O2/c1-6-15(5)8-7-12-11(4)13(16)9(2)10(3)14(12)17-15/h16H,1,6-8H2,2-5H3. The van der Waals surface area contributed by atoms with E-state index in [4.69, 9.17) is 4.74 Å². The number of hydrogen-bond donors (Lipinski definition) is 1. The normalized spacial score (nSPS) is 23.1. The summed E-state index contributed by atoms with van der Waals surface area (Å²) in [6, 6.07) is 0. The van der Waals surface area contributed by atoms with E-state index in [2.05, 4.69) is 13.8 Å². The Kier molecular flexibility index (Phi) is 2.84. The van der Waals surface area contributed by atoms with E-state index >= 15 is 0 Å². The zero-order chi connectivity index (χ0) is 12.8. The molecular weight excluding hydrogens is 212 g/mol. The van der Waals surface area contributed by atoms with E-state index in [-0.39, 0.29) is 5.60 Å². The number of aromatic hydroxyl groups is 1. The van der Waals surface area contributed by atoms with Gasteiger partial charge in [0.25, 0.3) is 0 Å². The fourth-order valence-electron chi connectivity index (χ4n) is 2.47. The molecule has 1 N–H and O–H groups in total. The first-order valence-electron chi connectivity index (χ1n) is 6.19. The SMILES string of the molecule is [CH2]CC1(C)CCc2c(C)c(O)c(C)c(C)c2O1. The highest BCUT2D eigenvalue weighted by Crippen LogP contribution is 2.43. The van der Waals surface area contributed by atoms with Crippen molar-refractivity contribution in [3.8, 4) is 11.5 Å². The van der Waals surface area contributed by atoms with Crippen LogP contribution in [0.2, 0.25) is 0 Å². The molecule has 0 aliphatic carbocycles. The average molecular weight is 233 g/mol. The van der Waals surface area contributed by atoms with Crippen molar-refractivity contribution in [3.05, 3.63) is 29.2 Å². The van der Waals surface area contributed by atoms with Crippen molar-refractivity contribution in [2.24, 2.45) is 0 Å². The van der Waals surface area contributed by atoms with Crippen LogP contribution in [0, 0.1) is 27.7 Å². The van der Waals surface area contributed by atoms with Crippen molar-refractivity contribution < 1.29 is 9.84 Å². The minimum Gasteiger partial charge on any atom is -0.507 e. The first-order valence-corrected chi connectivity index (χ1v) is 6.19. The lowest BCUT2D eigenvalue weighted by Crippen LogP contribution is -2.36. The summed E-state index contributed by atoms with van der Waals surface area (Å²) in [6.45, 7) is 12.0. The molecule has 0 aromatic heterocycles. The van der Waals surface area contributed by atoms with Crippen LogP contribution in [-0.4, -0.2) is 10.7 Å². The summed E-state index contributed by atoms with van der Waals surface area (Å²) in [7, 11) is 0. The third-order valence-corrected chi connectivity index (χ3v) is 4.12. The highest BCUT2D eigenvalue weighted by atomic mass is 16.5. The fourth-order valence-corrected chi connectivity index (χ4v) is 2.47. The molecule has 1 aliphatic rings. The number of fused-ring (bicyclic) bond motifs is 1. The van der Waals surface area contributed by atoms with Crippen LogP contribution in [0.1, 0.15) is 42.0 Å². The number of rotatable bonds is 1. The van der Waals surface area contributed by atoms with Crippen LogP contribution in [-0.2, 0) is 6.42 Å². The van der Waals surface area contributed by atoms with Gasteiger partial charge in [0.1, 0.15) is 17.1 Å². The Hall–Kier alpha value is -1.18. The maximum absolute atomic E-state index is 10.1. The van der Waals surface area contributed by atoms with E-state index in [1.54, 1.807) is 0 Å². The highest BCUT2D eigenvalue weighted by molar-refractivity contribution is 5.58. The van der Waals surface area contributed by atoms with E-state index < -0.39 is 0 Å². The molecule has 1 radical (unpaired) electrons. The molecule has 1 atom stereocenters. The van der Waals surface area contributed by atoms with Crippen LogP contribution in [0.4, 0.5) is 0 Å². The molecule has 17 heavy (non-hydrogen) atoms. The largest absolute Gasteiger partial charge is 0.507 e. The number of hydrogen-bond acceptors (Lipinski definition) is 2. The topological polar surface area (TPSA) is 29.5 Å². The van der Waals surface area contributed by atoms with Crippen LogP contribution < -0.4 is 4.74 Å². The molecule has 1 unspecified atom stereocenters. The van der Waals surface area contributed by atoms with Gasteiger partial charge in [0, 0.05) is 5.56 Å². The van der Waals surface area contributed by atoms with Crippen LogP contribution in [0.3, 0.4) is 0 Å². The van der Waals surface area contributed by atoms with Crippen molar-refractivity contribution >= 4 is 0 Å². The average Bonchev–Trinajstić information content (AvgIpc) is 2.33. The summed E-state index contributed by atoms with van der Waals surface area (Å²) in [5.74, 6) is 1.39. The second-order valence-corrected chi connectivity index (χ2v) is 5.33. The number of phenols is 1. The Balaban J connectivity index is 2.59. The molecule has 93 valence electrons. The Labute approximate surface area is 104 Å². The van der Waals surface area contributed by atoms with E-state index in [9.17, 15) is 5.11 Å². The monoisotopic (exact) mass is 233 g/mol. The van der Waals surface area contributed by atoms with Crippen molar-refractivity contribution in [1.29, 1.82) is 0 Å². The van der Waals surface area contributed by atoms with Gasteiger partial charge in [-0.2, -0.15) is 0 Å². The van der Waals surface area contributed by atoms with Gasteiger partial charge in [-0.15, -0.1) is 0 Å². The van der Waals surface area contributed by atoms with Crippen LogP contribution in [0.5, 0.6) is 11.5 Å². The minimum atomic E-state index is -0.159. The van der Waals surface area contributed by atoms with Crippen molar-refractivity contribution in [1.82, 2.24) is 0 Å². The smallest absolute Gasteiger partial charge is 0.127 e. The molecule has 0 amide bonds. The van der Waals surface area contributed by atoms with Gasteiger partial charge in [-0.3, -0.25) is 0 Å². The summed E-state index contributed by atoms with van der Waals surface area (Å²) < 4.78 is 6.14.